The lowest BCUT2D eigenvalue weighted by atomic mass is 10.1. The molecule has 82 heavy (non-hydrogen) atoms. The SMILES string of the molecule is Cn1ccnc1-c1cc2nccc(Cl)c2s1.Cn1ccnc1-c1cc2nccc(Nc3ccc(N)cc3)c2s1.Cn1ccnc1-c1cc2nccc(Nc3ccc(NC(=S)NC(=O)Cc4ccccc4)cc3)c2s1.Nc1ccc(N)cc1. The maximum Gasteiger partial charge on any atom is 0.230 e. The smallest absolute Gasteiger partial charge is 0.230 e. The fourth-order valence-corrected chi connectivity index (χ4v) is 12.1. The lowest BCUT2D eigenvalue weighted by Crippen LogP contribution is -2.35. The molecule has 0 saturated carbocycles. The number of thiocarbonyl (C=S) groups is 1. The van der Waals surface area contributed by atoms with Crippen molar-refractivity contribution in [1.29, 1.82) is 0 Å². The number of nitrogen functional groups attached to an aromatic ring is 3. The molecule has 0 atom stereocenters. The number of imidazole rings is 3. The van der Waals surface area contributed by atoms with Crippen LogP contribution in [0.4, 0.5) is 45.5 Å². The molecule has 4 aromatic carbocycles. The van der Waals surface area contributed by atoms with Gasteiger partial charge in [0, 0.05) is 111 Å². The second-order valence-electron chi connectivity index (χ2n) is 18.4. The minimum Gasteiger partial charge on any atom is -0.399 e. The Morgan fingerprint density at radius 2 is 0.890 bits per heavy atom. The highest BCUT2D eigenvalue weighted by Crippen LogP contribution is 2.39. The summed E-state index contributed by atoms with van der Waals surface area (Å²) in [6, 6.07) is 44.0. The lowest BCUT2D eigenvalue weighted by Gasteiger charge is -2.11. The van der Waals surface area contributed by atoms with Crippen molar-refractivity contribution in [2.75, 3.05) is 33.2 Å². The van der Waals surface area contributed by atoms with Crippen LogP contribution < -0.4 is 38.5 Å². The number of hydrogen-bond acceptors (Lipinski definition) is 16. The Morgan fingerprint density at radius 3 is 1.32 bits per heavy atom. The number of pyridine rings is 3. The van der Waals surface area contributed by atoms with Crippen molar-refractivity contribution in [2.24, 2.45) is 21.1 Å². The van der Waals surface area contributed by atoms with E-state index in [1.807, 2.05) is 163 Å². The van der Waals surface area contributed by atoms with Gasteiger partial charge in [0.1, 0.15) is 17.5 Å². The quantitative estimate of drug-likeness (QED) is 0.0498. The number of aryl methyl sites for hydroxylation is 3. The molecular formula is C60H53ClN16OS4. The number of thiophene rings is 3. The van der Waals surface area contributed by atoms with E-state index in [0.29, 0.717) is 0 Å². The van der Waals surface area contributed by atoms with Crippen molar-refractivity contribution in [3.63, 3.8) is 0 Å². The molecule has 0 bridgehead atoms. The third kappa shape index (κ3) is 13.9. The number of carbonyl (C=O) groups excluding carboxylic acids is 1. The molecule has 13 rings (SSSR count). The minimum atomic E-state index is -0.158. The van der Waals surface area contributed by atoms with E-state index >= 15 is 0 Å². The average molecular weight is 1180 g/mol. The number of carbonyl (C=O) groups is 1. The molecule has 0 aliphatic rings. The third-order valence-electron chi connectivity index (χ3n) is 12.3. The summed E-state index contributed by atoms with van der Waals surface area (Å²) < 4.78 is 9.19. The number of aromatic nitrogens is 9. The Morgan fingerprint density at radius 1 is 0.500 bits per heavy atom. The summed E-state index contributed by atoms with van der Waals surface area (Å²) in [6.45, 7) is 0. The summed E-state index contributed by atoms with van der Waals surface area (Å²) in [6.07, 6.45) is 16.8. The Labute approximate surface area is 494 Å². The highest BCUT2D eigenvalue weighted by molar-refractivity contribution is 7.80. The van der Waals surface area contributed by atoms with Gasteiger partial charge < -0.3 is 52.2 Å². The van der Waals surface area contributed by atoms with Crippen LogP contribution in [0, 0.1) is 0 Å². The van der Waals surface area contributed by atoms with Crippen molar-refractivity contribution >= 4 is 145 Å². The maximum atomic E-state index is 12.2. The van der Waals surface area contributed by atoms with E-state index in [1.54, 1.807) is 89.3 Å². The number of hydrogen-bond donors (Lipinski definition) is 7. The van der Waals surface area contributed by atoms with E-state index in [-0.39, 0.29) is 17.4 Å². The zero-order valence-corrected chi connectivity index (χ0v) is 48.4. The molecular weight excluding hydrogens is 1120 g/mol. The van der Waals surface area contributed by atoms with Gasteiger partial charge >= 0.3 is 0 Å². The summed E-state index contributed by atoms with van der Waals surface area (Å²) in [4.78, 5) is 41.9. The van der Waals surface area contributed by atoms with Crippen molar-refractivity contribution in [2.45, 2.75) is 6.42 Å². The van der Waals surface area contributed by atoms with Crippen LogP contribution in [0.2, 0.25) is 5.02 Å². The fraction of sp³-hybridized carbons (Fsp3) is 0.0667. The van der Waals surface area contributed by atoms with Gasteiger partial charge in [-0.3, -0.25) is 19.7 Å². The van der Waals surface area contributed by atoms with Gasteiger partial charge in [-0.1, -0.05) is 41.9 Å². The van der Waals surface area contributed by atoms with Crippen molar-refractivity contribution in [3.05, 3.63) is 206 Å². The predicted octanol–water partition coefficient (Wildman–Crippen LogP) is 13.7. The summed E-state index contributed by atoms with van der Waals surface area (Å²) in [7, 11) is 5.95. The number of amides is 1. The van der Waals surface area contributed by atoms with Crippen LogP contribution in [0.15, 0.2) is 195 Å². The first-order valence-corrected chi connectivity index (χ1v) is 28.5. The summed E-state index contributed by atoms with van der Waals surface area (Å²) in [5.74, 6) is 2.65. The Hall–Kier alpha value is -9.51. The highest BCUT2D eigenvalue weighted by atomic mass is 35.5. The zero-order chi connectivity index (χ0) is 57.1. The molecule has 0 radical (unpaired) electrons. The van der Waals surface area contributed by atoms with Crippen molar-refractivity contribution in [3.8, 4) is 32.1 Å². The van der Waals surface area contributed by atoms with E-state index in [0.717, 1.165) is 119 Å². The molecule has 1 amide bonds. The standard InChI is InChI=1S/C26H22N6OS2.C17H15N5S.C11H8ClN3S.C6H8N2/c1-32-14-13-28-25(32)22-16-21-24(35-22)20(11-12-27-21)29-18-7-9-19(10-8-18)30-26(34)31-23(33)15-17-5-3-2-4-6-17;1-22-9-8-20-17(22)15-10-14-16(23-15)13(6-7-19-14)21-12-4-2-11(18)3-5-12;1-15-5-4-14-11(15)9-6-8-10(16-9)7(12)2-3-13-8;7-5-1-2-6(8)4-3-5/h2-14,16H,15H2,1H3,(H,27,29)(H2,30,31,33,34);2-10H,18H2,1H3,(H,19,21);2-6H,1H3;1-4H,7-8H2. The summed E-state index contributed by atoms with van der Waals surface area (Å²) in [5.41, 5.74) is 27.2. The van der Waals surface area contributed by atoms with Gasteiger partial charge in [-0.25, -0.2) is 15.0 Å². The van der Waals surface area contributed by atoms with Gasteiger partial charge in [0.2, 0.25) is 5.91 Å². The molecule has 0 spiro atoms. The number of benzene rings is 4. The first-order valence-electron chi connectivity index (χ1n) is 25.3. The molecule has 0 aliphatic carbocycles. The second kappa shape index (κ2) is 25.7. The second-order valence-corrected chi connectivity index (χ2v) is 22.3. The first kappa shape index (κ1) is 55.8. The van der Waals surface area contributed by atoms with Crippen LogP contribution in [-0.2, 0) is 32.4 Å². The summed E-state index contributed by atoms with van der Waals surface area (Å²) >= 11 is 16.4. The van der Waals surface area contributed by atoms with Crippen LogP contribution in [-0.4, -0.2) is 54.6 Å². The Kier molecular flexibility index (Phi) is 17.5. The van der Waals surface area contributed by atoms with E-state index in [4.69, 9.17) is 41.0 Å². The Bertz CT molecular complexity index is 4260. The molecule has 410 valence electrons. The van der Waals surface area contributed by atoms with Gasteiger partial charge in [-0.15, -0.1) is 34.0 Å². The lowest BCUT2D eigenvalue weighted by molar-refractivity contribution is -0.119. The molecule has 9 heterocycles. The number of nitrogens with one attached hydrogen (secondary N) is 4. The normalized spacial score (nSPS) is 10.7. The van der Waals surface area contributed by atoms with Gasteiger partial charge in [0.25, 0.3) is 0 Å². The summed E-state index contributed by atoms with van der Waals surface area (Å²) in [5, 5.41) is 13.7. The third-order valence-corrected chi connectivity index (χ3v) is 16.4. The monoisotopic (exact) mass is 1180 g/mol. The molecule has 17 nitrogen and oxygen atoms in total. The molecule has 22 heteroatoms. The molecule has 9 aromatic heterocycles. The number of nitrogens with zero attached hydrogens (tertiary/aromatic N) is 9. The maximum absolute atomic E-state index is 12.2. The number of rotatable bonds is 10. The predicted molar refractivity (Wildman–Crippen MR) is 344 cm³/mol. The van der Waals surface area contributed by atoms with Gasteiger partial charge in [-0.05, 0) is 127 Å². The molecule has 10 N–H and O–H groups in total. The van der Waals surface area contributed by atoms with Crippen LogP contribution in [0.3, 0.4) is 0 Å². The van der Waals surface area contributed by atoms with E-state index in [2.05, 4.69) is 63.3 Å². The van der Waals surface area contributed by atoms with Crippen LogP contribution >= 0.6 is 57.8 Å². The van der Waals surface area contributed by atoms with E-state index in [9.17, 15) is 4.79 Å². The largest absolute Gasteiger partial charge is 0.399 e. The molecule has 0 aliphatic heterocycles. The van der Waals surface area contributed by atoms with Crippen molar-refractivity contribution < 1.29 is 4.79 Å². The molecule has 0 unspecified atom stereocenters. The number of fused-ring (bicyclic) bond motifs is 3. The number of nitrogens with two attached hydrogens (primary N) is 3. The zero-order valence-electron chi connectivity index (χ0n) is 44.4. The van der Waals surface area contributed by atoms with Crippen LogP contribution in [0.25, 0.3) is 62.8 Å². The minimum absolute atomic E-state index is 0.158. The van der Waals surface area contributed by atoms with Crippen molar-refractivity contribution in [1.82, 2.24) is 48.9 Å². The Balaban J connectivity index is 0.000000137. The number of halogens is 1. The average Bonchev–Trinajstić information content (AvgIpc) is 4.48. The molecule has 13 aromatic rings. The van der Waals surface area contributed by atoms with Crippen LogP contribution in [0.5, 0.6) is 0 Å². The molecule has 0 fully saturated rings. The van der Waals surface area contributed by atoms with Crippen LogP contribution in [0.1, 0.15) is 5.56 Å². The fourth-order valence-electron chi connectivity index (χ4n) is 8.24. The van der Waals surface area contributed by atoms with E-state index < -0.39 is 0 Å². The first-order chi connectivity index (χ1) is 39.8. The molecule has 0 saturated heterocycles. The number of anilines is 8. The topological polar surface area (TPSA) is 235 Å². The van der Waals surface area contributed by atoms with E-state index in [1.165, 1.54) is 0 Å². The van der Waals surface area contributed by atoms with Gasteiger partial charge in [0.15, 0.2) is 5.11 Å². The van der Waals surface area contributed by atoms with Gasteiger partial charge in [0.05, 0.1) is 68.1 Å². The highest BCUT2D eigenvalue weighted by Gasteiger charge is 2.15. The van der Waals surface area contributed by atoms with Gasteiger partial charge in [-0.2, -0.15) is 0 Å².